The zero-order valence-corrected chi connectivity index (χ0v) is 7.22. The first kappa shape index (κ1) is 6.90. The van der Waals surface area contributed by atoms with Gasteiger partial charge >= 0.3 is 55.8 Å². The van der Waals surface area contributed by atoms with Crippen LogP contribution < -0.4 is 4.21 Å². The van der Waals surface area contributed by atoms with E-state index in [0.717, 1.165) is 5.44 Å². The van der Waals surface area contributed by atoms with Crippen molar-refractivity contribution < 1.29 is 22.8 Å². The van der Waals surface area contributed by atoms with Crippen LogP contribution in [0.3, 0.4) is 0 Å². The van der Waals surface area contributed by atoms with Gasteiger partial charge in [0.05, 0.1) is 0 Å². The second-order valence-corrected chi connectivity index (χ2v) is 7.13. The van der Waals surface area contributed by atoms with Crippen LogP contribution in [0.5, 0.6) is 0 Å². The molecule has 0 unspecified atom stereocenters. The van der Waals surface area contributed by atoms with E-state index in [-0.39, 0.29) is 4.21 Å². The minimum absolute atomic E-state index is 0.148. The van der Waals surface area contributed by atoms with Crippen LogP contribution in [-0.2, 0) is 16.3 Å². The van der Waals surface area contributed by atoms with Gasteiger partial charge < -0.3 is 0 Å². The normalized spacial score (nSPS) is 13.7. The zero-order valence-electron chi connectivity index (χ0n) is 4.82. The fourth-order valence-corrected chi connectivity index (χ4v) is 2.22. The monoisotopic (exact) mass is 312 g/mol. The van der Waals surface area contributed by atoms with Crippen LogP contribution in [0.1, 0.15) is 0 Å². The molecule has 55 valence electrons. The van der Waals surface area contributed by atoms with Crippen molar-refractivity contribution in [3.8, 4) is 0 Å². The molecule has 1 rings (SSSR count). The van der Waals surface area contributed by atoms with Gasteiger partial charge in [0.1, 0.15) is 0 Å². The Morgan fingerprint density at radius 1 is 1.56 bits per heavy atom. The average Bonchev–Trinajstić information content (AvgIpc) is 2.08. The first-order valence-electron chi connectivity index (χ1n) is 2.25. The Morgan fingerprint density at radius 2 is 2.22 bits per heavy atom. The van der Waals surface area contributed by atoms with Gasteiger partial charge in [-0.05, 0) is 0 Å². The number of aromatic amines is 1. The van der Waals surface area contributed by atoms with Crippen molar-refractivity contribution in [3.05, 3.63) is 18.3 Å². The van der Waals surface area contributed by atoms with E-state index in [9.17, 15) is 6.51 Å². The third kappa shape index (κ3) is 1.60. The van der Waals surface area contributed by atoms with Crippen LogP contribution in [-0.4, -0.2) is 4.98 Å². The molecule has 0 atom stereocenters. The molecule has 1 heterocycles. The van der Waals surface area contributed by atoms with Crippen molar-refractivity contribution in [2.24, 2.45) is 0 Å². The number of aromatic nitrogens is 1. The molecule has 0 saturated heterocycles. The fourth-order valence-electron chi connectivity index (χ4n) is 0.482. The van der Waals surface area contributed by atoms with Gasteiger partial charge in [-0.1, -0.05) is 0 Å². The molecule has 0 radical (unpaired) electrons. The van der Waals surface area contributed by atoms with Crippen LogP contribution in [0.15, 0.2) is 18.3 Å². The summed E-state index contributed by atoms with van der Waals surface area (Å²) in [6.45, 7) is 0. The van der Waals surface area contributed by atoms with E-state index in [1.54, 1.807) is 6.07 Å². The van der Waals surface area contributed by atoms with Gasteiger partial charge in [-0.3, -0.25) is 0 Å². The first-order valence-corrected chi connectivity index (χ1v) is 7.65. The van der Waals surface area contributed by atoms with Crippen LogP contribution in [0, 0.1) is 0 Å². The molecule has 1 nitrogen and oxygen atoms in total. The van der Waals surface area contributed by atoms with E-state index in [2.05, 4.69) is 4.98 Å². The Hall–Kier alpha value is -0.211. The third-order valence-corrected chi connectivity index (χ3v) is 3.87. The first-order chi connectivity index (χ1) is 4.11. The minimum atomic E-state index is -4.49. The summed E-state index contributed by atoms with van der Waals surface area (Å²) in [6, 6.07) is 3.04. The molecule has 0 amide bonds. The van der Waals surface area contributed by atoms with Gasteiger partial charge in [-0.15, -0.1) is 0 Å². The number of H-pyrrole nitrogens is 1. The number of rotatable bonds is 1. The summed E-state index contributed by atoms with van der Waals surface area (Å²) in [7, 11) is 0. The van der Waals surface area contributed by atoms with Crippen LogP contribution in [0.25, 0.3) is 0 Å². The Morgan fingerprint density at radius 3 is 2.44 bits per heavy atom. The van der Waals surface area contributed by atoms with E-state index in [1.807, 2.05) is 0 Å². The van der Waals surface area contributed by atoms with Gasteiger partial charge in [-0.2, -0.15) is 0 Å². The van der Waals surface area contributed by atoms with Gasteiger partial charge in [0.15, 0.2) is 0 Å². The Kier molecular flexibility index (Phi) is 1.68. The predicted octanol–water partition coefficient (Wildman–Crippen LogP) is 1.61. The molecule has 0 aliphatic rings. The van der Waals surface area contributed by atoms with E-state index >= 15 is 0 Å². The summed E-state index contributed by atoms with van der Waals surface area (Å²) < 4.78 is 25.0. The summed E-state index contributed by atoms with van der Waals surface area (Å²) in [5.74, 6) is 0. The van der Waals surface area contributed by atoms with E-state index in [4.69, 9.17) is 0 Å². The molecule has 0 aliphatic carbocycles. The topological polar surface area (TPSA) is 15.8 Å². The van der Waals surface area contributed by atoms with Crippen molar-refractivity contribution in [2.45, 2.75) is 5.44 Å². The molecule has 1 aromatic rings. The second-order valence-electron chi connectivity index (χ2n) is 1.59. The summed E-state index contributed by atoms with van der Waals surface area (Å²) in [5, 5.41) is 0. The number of hydrogen-bond donors (Lipinski definition) is 1. The molecule has 0 aliphatic heterocycles. The van der Waals surface area contributed by atoms with Crippen molar-refractivity contribution in [2.75, 3.05) is 0 Å². The standard InChI is InChI=1S/C4H4N.CH3.2FH.Ir/c1-2-4-5-3-1;;;;/h1-3,5H;1H3;2*1H;/q;;;;+2/p-2. The van der Waals surface area contributed by atoms with Crippen LogP contribution in [0.2, 0.25) is 5.44 Å². The molecular weight excluding hydrogens is 304 g/mol. The summed E-state index contributed by atoms with van der Waals surface area (Å²) in [4.78, 5) is 2.51. The number of halogens is 2. The van der Waals surface area contributed by atoms with Gasteiger partial charge in [0, 0.05) is 0 Å². The molecular formula is C5H7F2IrN. The number of nitrogens with one attached hydrogen (secondary N) is 1. The molecule has 0 bridgehead atoms. The molecule has 1 aromatic heterocycles. The average molecular weight is 311 g/mol. The zero-order chi connectivity index (χ0) is 6.91. The van der Waals surface area contributed by atoms with Crippen molar-refractivity contribution >= 4 is 4.21 Å². The molecule has 0 fully saturated rings. The third-order valence-electron chi connectivity index (χ3n) is 0.861. The van der Waals surface area contributed by atoms with Crippen molar-refractivity contribution in [1.82, 2.24) is 4.98 Å². The van der Waals surface area contributed by atoms with Crippen LogP contribution in [0.4, 0.5) is 6.51 Å². The Bertz CT molecular complexity index is 177. The molecule has 9 heavy (non-hydrogen) atoms. The molecule has 0 spiro atoms. The van der Waals surface area contributed by atoms with E-state index < -0.39 is 16.3 Å². The molecule has 4 heteroatoms. The molecule has 1 N–H and O–H groups in total. The van der Waals surface area contributed by atoms with Crippen LogP contribution >= 0.6 is 0 Å². The van der Waals surface area contributed by atoms with E-state index in [1.165, 1.54) is 12.3 Å². The van der Waals surface area contributed by atoms with Gasteiger partial charge in [-0.25, -0.2) is 0 Å². The summed E-state index contributed by atoms with van der Waals surface area (Å²) >= 11 is -4.49. The Labute approximate surface area is 56.3 Å². The maximum atomic E-state index is 12.4. The fraction of sp³-hybridized carbons (Fsp3) is 0.200. The Balaban J connectivity index is 2.90. The predicted molar refractivity (Wildman–Crippen MR) is 28.5 cm³/mol. The maximum absolute atomic E-state index is 12.4. The quantitative estimate of drug-likeness (QED) is 0.811. The van der Waals surface area contributed by atoms with Crippen molar-refractivity contribution in [1.29, 1.82) is 0 Å². The second kappa shape index (κ2) is 2.20. The summed E-state index contributed by atoms with van der Waals surface area (Å²) in [6.07, 6.45) is 1.53. The van der Waals surface area contributed by atoms with E-state index in [0.29, 0.717) is 0 Å². The SMILES string of the molecule is [CH3][Ir]([F])([F])[c]1ccc[nH]1. The van der Waals surface area contributed by atoms with Crippen molar-refractivity contribution in [3.63, 3.8) is 0 Å². The number of hydrogen-bond acceptors (Lipinski definition) is 0. The van der Waals surface area contributed by atoms with Gasteiger partial charge in [0.2, 0.25) is 0 Å². The molecule has 0 aromatic carbocycles. The molecule has 0 saturated carbocycles. The van der Waals surface area contributed by atoms with Gasteiger partial charge in [0.25, 0.3) is 0 Å². The summed E-state index contributed by atoms with van der Waals surface area (Å²) in [5.41, 5.74) is 1.05.